The van der Waals surface area contributed by atoms with Gasteiger partial charge in [-0.2, -0.15) is 0 Å². The molecule has 2 fully saturated rings. The average molecular weight is 285 g/mol. The van der Waals surface area contributed by atoms with Crippen molar-refractivity contribution in [2.75, 3.05) is 26.2 Å². The topological polar surface area (TPSA) is 35.5 Å². The van der Waals surface area contributed by atoms with E-state index in [0.717, 1.165) is 31.7 Å². The van der Waals surface area contributed by atoms with Crippen molar-refractivity contribution in [2.45, 2.75) is 18.9 Å². The second-order valence-corrected chi connectivity index (χ2v) is 5.75. The third-order valence-electron chi connectivity index (χ3n) is 4.03. The Balaban J connectivity index is 1.93. The van der Waals surface area contributed by atoms with Gasteiger partial charge in [-0.05, 0) is 24.8 Å². The van der Waals surface area contributed by atoms with Gasteiger partial charge in [0.05, 0.1) is 0 Å². The molecule has 2 N–H and O–H groups in total. The fraction of sp³-hybridized carbons (Fsp3) is 0.571. The molecule has 3 rings (SSSR count). The third kappa shape index (κ3) is 2.57. The number of aromatic hydroxyl groups is 1. The number of piperazine rings is 1. The smallest absolute Gasteiger partial charge is 0.145 e. The Bertz CT molecular complexity index is 473. The van der Waals surface area contributed by atoms with Gasteiger partial charge in [-0.1, -0.05) is 17.7 Å². The first-order valence-corrected chi connectivity index (χ1v) is 7.18. The van der Waals surface area contributed by atoms with Gasteiger partial charge in [0.2, 0.25) is 0 Å². The summed E-state index contributed by atoms with van der Waals surface area (Å²) < 4.78 is 13.4. The number of halogens is 2. The fourth-order valence-electron chi connectivity index (χ4n) is 2.91. The number of rotatable bonds is 3. The molecule has 1 saturated heterocycles. The zero-order valence-electron chi connectivity index (χ0n) is 10.7. The van der Waals surface area contributed by atoms with Crippen LogP contribution in [0.5, 0.6) is 5.75 Å². The molecule has 0 aromatic heterocycles. The molecule has 0 bridgehead atoms. The monoisotopic (exact) mass is 284 g/mol. The summed E-state index contributed by atoms with van der Waals surface area (Å²) in [5.74, 6) is -0.0830. The van der Waals surface area contributed by atoms with E-state index in [4.69, 9.17) is 11.6 Å². The molecule has 2 aliphatic rings. The molecule has 0 unspecified atom stereocenters. The first-order chi connectivity index (χ1) is 9.18. The number of hydrogen-bond donors (Lipinski definition) is 2. The summed E-state index contributed by atoms with van der Waals surface area (Å²) in [6.45, 7) is 3.82. The minimum atomic E-state index is -0.558. The highest BCUT2D eigenvalue weighted by Gasteiger charge is 2.38. The SMILES string of the molecule is Oc1c([C@@H](C2CC2)N2CCNCC2)ccc(F)c1Cl. The Morgan fingerprint density at radius 2 is 2.00 bits per heavy atom. The molecule has 1 aliphatic heterocycles. The number of hydrogen-bond acceptors (Lipinski definition) is 3. The highest BCUT2D eigenvalue weighted by molar-refractivity contribution is 6.32. The van der Waals surface area contributed by atoms with E-state index < -0.39 is 5.82 Å². The predicted molar refractivity (Wildman–Crippen MR) is 73.0 cm³/mol. The van der Waals surface area contributed by atoms with E-state index in [2.05, 4.69) is 10.2 Å². The second-order valence-electron chi connectivity index (χ2n) is 5.37. The van der Waals surface area contributed by atoms with Crippen molar-refractivity contribution < 1.29 is 9.50 Å². The lowest BCUT2D eigenvalue weighted by Crippen LogP contribution is -2.45. The Hall–Kier alpha value is -0.840. The molecule has 104 valence electrons. The number of nitrogens with zero attached hydrogens (tertiary/aromatic N) is 1. The van der Waals surface area contributed by atoms with Gasteiger partial charge in [0.1, 0.15) is 16.6 Å². The lowest BCUT2D eigenvalue weighted by Gasteiger charge is -2.35. The first-order valence-electron chi connectivity index (χ1n) is 6.80. The van der Waals surface area contributed by atoms with E-state index in [1.165, 1.54) is 18.9 Å². The molecule has 0 amide bonds. The molecular formula is C14H18ClFN2O. The summed E-state index contributed by atoms with van der Waals surface area (Å²) in [5.41, 5.74) is 0.774. The molecule has 1 saturated carbocycles. The number of benzene rings is 1. The van der Waals surface area contributed by atoms with Crippen LogP contribution in [-0.2, 0) is 0 Å². The first kappa shape index (κ1) is 13.2. The molecule has 5 heteroatoms. The van der Waals surface area contributed by atoms with Crippen molar-refractivity contribution in [1.29, 1.82) is 0 Å². The summed E-state index contributed by atoms with van der Waals surface area (Å²) in [7, 11) is 0. The van der Waals surface area contributed by atoms with Crippen molar-refractivity contribution in [3.8, 4) is 5.75 Å². The van der Waals surface area contributed by atoms with E-state index in [1.54, 1.807) is 6.07 Å². The van der Waals surface area contributed by atoms with Crippen LogP contribution in [0.3, 0.4) is 0 Å². The minimum absolute atomic E-state index is 0.0860. The van der Waals surface area contributed by atoms with Crippen molar-refractivity contribution in [2.24, 2.45) is 5.92 Å². The maximum absolute atomic E-state index is 13.4. The highest BCUT2D eigenvalue weighted by Crippen LogP contribution is 2.48. The van der Waals surface area contributed by atoms with Crippen LogP contribution < -0.4 is 5.32 Å². The fourth-order valence-corrected chi connectivity index (χ4v) is 3.09. The molecule has 19 heavy (non-hydrogen) atoms. The van der Waals surface area contributed by atoms with Crippen LogP contribution in [0, 0.1) is 11.7 Å². The van der Waals surface area contributed by atoms with Gasteiger partial charge in [0.15, 0.2) is 0 Å². The number of phenolic OH excluding ortho intramolecular Hbond substituents is 1. The molecule has 0 spiro atoms. The van der Waals surface area contributed by atoms with E-state index in [9.17, 15) is 9.50 Å². The van der Waals surface area contributed by atoms with Gasteiger partial charge in [0.25, 0.3) is 0 Å². The average Bonchev–Trinajstić information content (AvgIpc) is 3.25. The lowest BCUT2D eigenvalue weighted by molar-refractivity contribution is 0.153. The van der Waals surface area contributed by atoms with Crippen LogP contribution >= 0.6 is 11.6 Å². The summed E-state index contributed by atoms with van der Waals surface area (Å²) >= 11 is 5.84. The quantitative estimate of drug-likeness (QED) is 0.895. The summed E-state index contributed by atoms with van der Waals surface area (Å²) in [6, 6.07) is 3.21. The maximum atomic E-state index is 13.4. The molecule has 0 radical (unpaired) electrons. The van der Waals surface area contributed by atoms with E-state index in [-0.39, 0.29) is 16.8 Å². The molecule has 1 aliphatic carbocycles. The van der Waals surface area contributed by atoms with Gasteiger partial charge in [0, 0.05) is 37.8 Å². The Kier molecular flexibility index (Phi) is 3.65. The highest BCUT2D eigenvalue weighted by atomic mass is 35.5. The van der Waals surface area contributed by atoms with Crippen molar-refractivity contribution in [3.63, 3.8) is 0 Å². The van der Waals surface area contributed by atoms with Gasteiger partial charge in [-0.15, -0.1) is 0 Å². The van der Waals surface area contributed by atoms with Crippen LogP contribution in [0.4, 0.5) is 4.39 Å². The zero-order valence-corrected chi connectivity index (χ0v) is 11.5. The van der Waals surface area contributed by atoms with Gasteiger partial charge < -0.3 is 10.4 Å². The van der Waals surface area contributed by atoms with E-state index >= 15 is 0 Å². The van der Waals surface area contributed by atoms with Crippen LogP contribution in [-0.4, -0.2) is 36.2 Å². The van der Waals surface area contributed by atoms with Crippen LogP contribution in [0.2, 0.25) is 5.02 Å². The van der Waals surface area contributed by atoms with Crippen molar-refractivity contribution in [3.05, 3.63) is 28.5 Å². The maximum Gasteiger partial charge on any atom is 0.145 e. The summed E-state index contributed by atoms with van der Waals surface area (Å²) in [6.07, 6.45) is 2.34. The molecular weight excluding hydrogens is 267 g/mol. The summed E-state index contributed by atoms with van der Waals surface area (Å²) in [5, 5.41) is 13.3. The molecule has 1 aromatic rings. The number of phenols is 1. The van der Waals surface area contributed by atoms with Gasteiger partial charge in [-0.3, -0.25) is 4.90 Å². The normalized spacial score (nSPS) is 22.4. The Morgan fingerprint density at radius 3 is 2.63 bits per heavy atom. The second kappa shape index (κ2) is 5.27. The van der Waals surface area contributed by atoms with Crippen LogP contribution in [0.25, 0.3) is 0 Å². The zero-order chi connectivity index (χ0) is 13.4. The van der Waals surface area contributed by atoms with Crippen LogP contribution in [0.15, 0.2) is 12.1 Å². The van der Waals surface area contributed by atoms with E-state index in [0.29, 0.717) is 5.92 Å². The minimum Gasteiger partial charge on any atom is -0.506 e. The van der Waals surface area contributed by atoms with Crippen molar-refractivity contribution >= 4 is 11.6 Å². The predicted octanol–water partition coefficient (Wildman–Crippen LogP) is 2.54. The largest absolute Gasteiger partial charge is 0.506 e. The Labute approximate surface area is 117 Å². The summed E-state index contributed by atoms with van der Waals surface area (Å²) in [4.78, 5) is 2.37. The standard InChI is InChI=1S/C14H18ClFN2O/c15-12-11(16)4-3-10(14(12)19)13(9-1-2-9)18-7-5-17-6-8-18/h3-4,9,13,17,19H,1-2,5-8H2/t13-/m1/s1. The third-order valence-corrected chi connectivity index (χ3v) is 4.39. The van der Waals surface area contributed by atoms with Gasteiger partial charge in [-0.25, -0.2) is 4.39 Å². The van der Waals surface area contributed by atoms with E-state index in [1.807, 2.05) is 0 Å². The molecule has 1 aromatic carbocycles. The lowest BCUT2D eigenvalue weighted by atomic mass is 9.98. The molecule has 3 nitrogen and oxygen atoms in total. The number of nitrogens with one attached hydrogen (secondary N) is 1. The van der Waals surface area contributed by atoms with Crippen molar-refractivity contribution in [1.82, 2.24) is 10.2 Å². The Morgan fingerprint density at radius 1 is 1.32 bits per heavy atom. The molecule has 1 heterocycles. The van der Waals surface area contributed by atoms with Gasteiger partial charge >= 0.3 is 0 Å². The molecule has 1 atom stereocenters. The van der Waals surface area contributed by atoms with Crippen LogP contribution in [0.1, 0.15) is 24.4 Å².